The highest BCUT2D eigenvalue weighted by molar-refractivity contribution is 7.90. The number of benzene rings is 3. The van der Waals surface area contributed by atoms with Crippen LogP contribution in [0.3, 0.4) is 0 Å². The number of esters is 1. The van der Waals surface area contributed by atoms with Crippen molar-refractivity contribution in [2.75, 3.05) is 37.5 Å². The molecule has 0 saturated carbocycles. The number of amides is 2. The summed E-state index contributed by atoms with van der Waals surface area (Å²) >= 11 is 5.92. The van der Waals surface area contributed by atoms with Crippen molar-refractivity contribution >= 4 is 50.9 Å². The molecule has 43 heavy (non-hydrogen) atoms. The summed E-state index contributed by atoms with van der Waals surface area (Å²) in [5, 5.41) is 0.535. The van der Waals surface area contributed by atoms with E-state index in [9.17, 15) is 27.6 Å². The largest absolute Gasteiger partial charge is 0.460 e. The standard InChI is InChI=1S/C31H29ClN2O8S/c1-43(39,40)27-17-24(34-25(19-42-31(34)38)18-41-30(37)22-5-3-2-4-6-22)11-12-26(27)29(36)33-15-13-21(14-16-33)28(35)20-7-9-23(32)10-8-20/h2-12,17,21,25H,13-16,18-19H2,1H3. The fraction of sp³-hybridized carbons (Fsp3) is 0.290. The Balaban J connectivity index is 1.30. The fourth-order valence-corrected chi connectivity index (χ4v) is 6.25. The molecule has 3 aromatic rings. The van der Waals surface area contributed by atoms with E-state index in [1.54, 1.807) is 54.6 Å². The van der Waals surface area contributed by atoms with Crippen molar-refractivity contribution in [2.24, 2.45) is 5.92 Å². The number of rotatable bonds is 8. The Kier molecular flexibility index (Phi) is 8.84. The third-order valence-electron chi connectivity index (χ3n) is 7.53. The van der Waals surface area contributed by atoms with Crippen molar-refractivity contribution in [1.82, 2.24) is 4.90 Å². The minimum absolute atomic E-state index is 0.0218. The molecular formula is C31H29ClN2O8S. The van der Waals surface area contributed by atoms with E-state index in [1.807, 2.05) is 0 Å². The Labute approximate surface area is 254 Å². The summed E-state index contributed by atoms with van der Waals surface area (Å²) in [4.78, 5) is 54.0. The minimum atomic E-state index is -3.91. The number of Topliss-reactive ketones (excluding diaryl/α,β-unsaturated/α-hetero) is 1. The van der Waals surface area contributed by atoms with Crippen LogP contribution < -0.4 is 4.90 Å². The number of hydrogen-bond donors (Lipinski definition) is 0. The van der Waals surface area contributed by atoms with Gasteiger partial charge in [-0.05, 0) is 67.4 Å². The van der Waals surface area contributed by atoms with Gasteiger partial charge in [0.25, 0.3) is 5.91 Å². The molecule has 1 unspecified atom stereocenters. The molecule has 12 heteroatoms. The Hall–Kier alpha value is -4.22. The van der Waals surface area contributed by atoms with Crippen LogP contribution >= 0.6 is 11.6 Å². The van der Waals surface area contributed by atoms with E-state index in [1.165, 1.54) is 28.0 Å². The van der Waals surface area contributed by atoms with Crippen molar-refractivity contribution in [3.05, 3.63) is 94.5 Å². The minimum Gasteiger partial charge on any atom is -0.460 e. The van der Waals surface area contributed by atoms with Gasteiger partial charge in [0.2, 0.25) is 0 Å². The van der Waals surface area contributed by atoms with E-state index in [2.05, 4.69) is 0 Å². The van der Waals surface area contributed by atoms with Gasteiger partial charge in [0, 0.05) is 41.5 Å². The summed E-state index contributed by atoms with van der Waals surface area (Å²) in [7, 11) is -3.91. The average Bonchev–Trinajstić information content (AvgIpc) is 3.39. The van der Waals surface area contributed by atoms with Crippen LogP contribution in [0.15, 0.2) is 77.7 Å². The Bertz CT molecular complexity index is 1650. The predicted molar refractivity (Wildman–Crippen MR) is 158 cm³/mol. The van der Waals surface area contributed by atoms with Crippen molar-refractivity contribution < 1.29 is 37.1 Å². The van der Waals surface area contributed by atoms with Crippen LogP contribution in [0, 0.1) is 5.92 Å². The average molecular weight is 625 g/mol. The van der Waals surface area contributed by atoms with Gasteiger partial charge in [-0.1, -0.05) is 29.8 Å². The van der Waals surface area contributed by atoms with Gasteiger partial charge in [0.1, 0.15) is 19.3 Å². The Morgan fingerprint density at radius 3 is 2.28 bits per heavy atom. The fourth-order valence-electron chi connectivity index (χ4n) is 5.24. The van der Waals surface area contributed by atoms with E-state index in [-0.39, 0.29) is 54.2 Å². The summed E-state index contributed by atoms with van der Waals surface area (Å²) in [6.07, 6.45) is 1.12. The quantitative estimate of drug-likeness (QED) is 0.262. The van der Waals surface area contributed by atoms with Crippen LogP contribution in [0.1, 0.15) is 43.9 Å². The molecule has 2 fully saturated rings. The number of ether oxygens (including phenoxy) is 2. The molecule has 0 bridgehead atoms. The first kappa shape index (κ1) is 30.2. The number of sulfone groups is 1. The molecule has 2 heterocycles. The summed E-state index contributed by atoms with van der Waals surface area (Å²) < 4.78 is 36.2. The van der Waals surface area contributed by atoms with Crippen molar-refractivity contribution in [3.8, 4) is 0 Å². The maximum Gasteiger partial charge on any atom is 0.414 e. The van der Waals surface area contributed by atoms with Crippen molar-refractivity contribution in [3.63, 3.8) is 0 Å². The first-order valence-electron chi connectivity index (χ1n) is 13.6. The number of carbonyl (C=O) groups excluding carboxylic acids is 4. The van der Waals surface area contributed by atoms with Crippen LogP contribution in [0.2, 0.25) is 5.02 Å². The molecular weight excluding hydrogens is 596 g/mol. The number of anilines is 1. The number of halogens is 1. The van der Waals surface area contributed by atoms with Crippen LogP contribution in [0.4, 0.5) is 10.5 Å². The second kappa shape index (κ2) is 12.6. The highest BCUT2D eigenvalue weighted by Gasteiger charge is 2.37. The third kappa shape index (κ3) is 6.73. The Morgan fingerprint density at radius 1 is 0.953 bits per heavy atom. The van der Waals surface area contributed by atoms with Crippen LogP contribution in [0.5, 0.6) is 0 Å². The number of carbonyl (C=O) groups is 4. The zero-order valence-corrected chi connectivity index (χ0v) is 24.8. The number of nitrogens with zero attached hydrogens (tertiary/aromatic N) is 2. The smallest absolute Gasteiger partial charge is 0.414 e. The van der Waals surface area contributed by atoms with Gasteiger partial charge < -0.3 is 14.4 Å². The molecule has 1 atom stereocenters. The van der Waals surface area contributed by atoms with Gasteiger partial charge in [0.15, 0.2) is 15.6 Å². The monoisotopic (exact) mass is 624 g/mol. The third-order valence-corrected chi connectivity index (χ3v) is 8.92. The molecule has 2 amide bonds. The van der Waals surface area contributed by atoms with Crippen LogP contribution in [-0.4, -0.2) is 75.7 Å². The number of hydrogen-bond acceptors (Lipinski definition) is 8. The maximum absolute atomic E-state index is 13.5. The topological polar surface area (TPSA) is 127 Å². The second-order valence-electron chi connectivity index (χ2n) is 10.5. The van der Waals surface area contributed by atoms with Gasteiger partial charge in [0.05, 0.1) is 16.0 Å². The number of piperidine rings is 1. The van der Waals surface area contributed by atoms with Gasteiger partial charge in [-0.25, -0.2) is 18.0 Å². The molecule has 3 aromatic carbocycles. The van der Waals surface area contributed by atoms with E-state index < -0.39 is 33.8 Å². The van der Waals surface area contributed by atoms with Crippen molar-refractivity contribution in [1.29, 1.82) is 0 Å². The number of likely N-dealkylation sites (tertiary alicyclic amines) is 1. The Morgan fingerprint density at radius 2 is 1.63 bits per heavy atom. The first-order chi connectivity index (χ1) is 20.5. The molecule has 0 N–H and O–H groups in total. The van der Waals surface area contributed by atoms with E-state index >= 15 is 0 Å². The lowest BCUT2D eigenvalue weighted by molar-refractivity contribution is 0.0475. The summed E-state index contributed by atoms with van der Waals surface area (Å²) in [6, 6.07) is 18.4. The van der Waals surface area contributed by atoms with E-state index in [4.69, 9.17) is 21.1 Å². The molecule has 0 aliphatic carbocycles. The summed E-state index contributed by atoms with van der Waals surface area (Å²) in [6.45, 7) is 0.305. The molecule has 2 aliphatic heterocycles. The van der Waals surface area contributed by atoms with Gasteiger partial charge in [-0.15, -0.1) is 0 Å². The van der Waals surface area contributed by atoms with Crippen LogP contribution in [0.25, 0.3) is 0 Å². The van der Waals surface area contributed by atoms with Crippen LogP contribution in [-0.2, 0) is 19.3 Å². The zero-order chi connectivity index (χ0) is 30.7. The molecule has 2 aliphatic rings. The zero-order valence-electron chi connectivity index (χ0n) is 23.3. The van der Waals surface area contributed by atoms with E-state index in [0.29, 0.717) is 29.0 Å². The molecule has 0 aromatic heterocycles. The molecule has 0 spiro atoms. The van der Waals surface area contributed by atoms with E-state index in [0.717, 1.165) is 6.26 Å². The highest BCUT2D eigenvalue weighted by Crippen LogP contribution is 2.31. The second-order valence-corrected chi connectivity index (χ2v) is 12.9. The van der Waals surface area contributed by atoms with Gasteiger partial charge in [-0.2, -0.15) is 0 Å². The molecule has 10 nitrogen and oxygen atoms in total. The molecule has 5 rings (SSSR count). The van der Waals surface area contributed by atoms with Gasteiger partial charge >= 0.3 is 12.1 Å². The van der Waals surface area contributed by atoms with Gasteiger partial charge in [-0.3, -0.25) is 14.5 Å². The lowest BCUT2D eigenvalue weighted by atomic mass is 9.88. The molecule has 224 valence electrons. The first-order valence-corrected chi connectivity index (χ1v) is 15.9. The molecule has 0 radical (unpaired) electrons. The predicted octanol–water partition coefficient (Wildman–Crippen LogP) is 4.66. The summed E-state index contributed by atoms with van der Waals surface area (Å²) in [5.41, 5.74) is 1.05. The highest BCUT2D eigenvalue weighted by atomic mass is 35.5. The number of cyclic esters (lactones) is 1. The summed E-state index contributed by atoms with van der Waals surface area (Å²) in [5.74, 6) is -1.35. The maximum atomic E-state index is 13.5. The SMILES string of the molecule is CS(=O)(=O)c1cc(N2C(=O)OCC2COC(=O)c2ccccc2)ccc1C(=O)N1CCC(C(=O)c2ccc(Cl)cc2)CC1. The number of ketones is 1. The lowest BCUT2D eigenvalue weighted by Crippen LogP contribution is -2.41. The van der Waals surface area contributed by atoms with Crippen molar-refractivity contribution in [2.45, 2.75) is 23.8 Å². The normalized spacial score (nSPS) is 17.4. The molecule has 2 saturated heterocycles. The lowest BCUT2D eigenvalue weighted by Gasteiger charge is -2.32.